The molecule has 1 aromatic carbocycles. The van der Waals surface area contributed by atoms with Crippen LogP contribution in [0.25, 0.3) is 0 Å². The van der Waals surface area contributed by atoms with E-state index in [4.69, 9.17) is 0 Å². The highest BCUT2D eigenvalue weighted by atomic mass is 79.9. The van der Waals surface area contributed by atoms with E-state index in [2.05, 4.69) is 26.6 Å². The summed E-state index contributed by atoms with van der Waals surface area (Å²) in [6.07, 6.45) is 0.906. The maximum absolute atomic E-state index is 13.3. The van der Waals surface area contributed by atoms with E-state index in [-0.39, 0.29) is 23.7 Å². The van der Waals surface area contributed by atoms with Crippen molar-refractivity contribution in [3.63, 3.8) is 0 Å². The minimum absolute atomic E-state index is 0.103. The number of anilines is 2. The fourth-order valence-corrected chi connectivity index (χ4v) is 2.19. The molecule has 1 aliphatic heterocycles. The molecule has 2 N–H and O–H groups in total. The number of carbonyl (C=O) groups excluding carboxylic acids is 1. The molecule has 0 aromatic heterocycles. The summed E-state index contributed by atoms with van der Waals surface area (Å²) in [5, 5.41) is 5.89. The molecule has 5 heteroatoms. The average Bonchev–Trinajstić information content (AvgIpc) is 2.30. The van der Waals surface area contributed by atoms with Gasteiger partial charge in [0.2, 0.25) is 5.91 Å². The van der Waals surface area contributed by atoms with Crippen molar-refractivity contribution in [3.8, 4) is 0 Å². The Bertz CT molecular complexity index is 464. The van der Waals surface area contributed by atoms with Gasteiger partial charge in [-0.05, 0) is 27.9 Å². The Morgan fingerprint density at radius 2 is 2.18 bits per heavy atom. The molecule has 3 nitrogen and oxygen atoms in total. The Morgan fingerprint density at radius 1 is 1.47 bits per heavy atom. The van der Waals surface area contributed by atoms with Crippen molar-refractivity contribution in [1.82, 2.24) is 0 Å². The third-order valence-corrected chi connectivity index (χ3v) is 3.73. The molecule has 1 heterocycles. The highest BCUT2D eigenvalue weighted by molar-refractivity contribution is 9.10. The van der Waals surface area contributed by atoms with Crippen molar-refractivity contribution in [2.75, 3.05) is 10.6 Å². The van der Waals surface area contributed by atoms with Crippen LogP contribution in [0.1, 0.15) is 20.3 Å². The zero-order valence-corrected chi connectivity index (χ0v) is 11.3. The molecular formula is C12H14BrFN2O. The highest BCUT2D eigenvalue weighted by Crippen LogP contribution is 2.33. The third kappa shape index (κ3) is 2.29. The molecule has 1 aromatic rings. The summed E-state index contributed by atoms with van der Waals surface area (Å²) in [5.41, 5.74) is 1.25. The maximum atomic E-state index is 13.3. The molecule has 1 amide bonds. The smallest absolute Gasteiger partial charge is 0.247 e. The normalized spacial score (nSPS) is 20.2. The molecule has 92 valence electrons. The van der Waals surface area contributed by atoms with Gasteiger partial charge in [0.1, 0.15) is 11.9 Å². The van der Waals surface area contributed by atoms with Crippen LogP contribution < -0.4 is 10.6 Å². The number of fused-ring (bicyclic) bond motifs is 1. The molecule has 0 fully saturated rings. The number of hydrogen-bond acceptors (Lipinski definition) is 2. The second-order valence-corrected chi connectivity index (χ2v) is 5.16. The van der Waals surface area contributed by atoms with Crippen LogP contribution in [0.4, 0.5) is 15.8 Å². The van der Waals surface area contributed by atoms with Crippen molar-refractivity contribution >= 4 is 33.2 Å². The molecular weight excluding hydrogens is 287 g/mol. The van der Waals surface area contributed by atoms with E-state index in [9.17, 15) is 9.18 Å². The van der Waals surface area contributed by atoms with Gasteiger partial charge in [0.05, 0.1) is 15.8 Å². The Labute approximate surface area is 108 Å². The Kier molecular flexibility index (Phi) is 3.38. The van der Waals surface area contributed by atoms with Gasteiger partial charge in [0.15, 0.2) is 0 Å². The van der Waals surface area contributed by atoms with Gasteiger partial charge in [-0.25, -0.2) is 4.39 Å². The number of rotatable bonds is 2. The molecule has 1 aliphatic rings. The Balaban J connectivity index is 2.34. The Hall–Kier alpha value is -1.10. The number of benzene rings is 1. The zero-order chi connectivity index (χ0) is 12.6. The Morgan fingerprint density at radius 3 is 2.82 bits per heavy atom. The van der Waals surface area contributed by atoms with Crippen LogP contribution in [0.2, 0.25) is 0 Å². The molecule has 0 aliphatic carbocycles. The SMILES string of the molecule is CCC(C)C1Nc2cc(Br)c(F)cc2NC1=O. The number of carbonyl (C=O) groups is 1. The van der Waals surface area contributed by atoms with E-state index >= 15 is 0 Å². The minimum Gasteiger partial charge on any atom is -0.372 e. The van der Waals surface area contributed by atoms with Gasteiger partial charge in [-0.15, -0.1) is 0 Å². The van der Waals surface area contributed by atoms with Crippen LogP contribution >= 0.6 is 15.9 Å². The lowest BCUT2D eigenvalue weighted by atomic mass is 9.96. The minimum atomic E-state index is -0.382. The van der Waals surface area contributed by atoms with E-state index in [1.165, 1.54) is 6.07 Å². The first-order valence-electron chi connectivity index (χ1n) is 5.59. The molecule has 17 heavy (non-hydrogen) atoms. The van der Waals surface area contributed by atoms with Crippen LogP contribution in [0, 0.1) is 11.7 Å². The third-order valence-electron chi connectivity index (χ3n) is 3.12. The van der Waals surface area contributed by atoms with Crippen LogP contribution in [-0.2, 0) is 4.79 Å². The fraction of sp³-hybridized carbons (Fsp3) is 0.417. The lowest BCUT2D eigenvalue weighted by Crippen LogP contribution is -2.43. The summed E-state index contributed by atoms with van der Waals surface area (Å²) in [4.78, 5) is 11.8. The lowest BCUT2D eigenvalue weighted by Gasteiger charge is -2.30. The van der Waals surface area contributed by atoms with E-state index in [1.807, 2.05) is 13.8 Å². The summed E-state index contributed by atoms with van der Waals surface area (Å²) in [5.74, 6) is -0.256. The van der Waals surface area contributed by atoms with Gasteiger partial charge in [-0.3, -0.25) is 4.79 Å². The largest absolute Gasteiger partial charge is 0.372 e. The maximum Gasteiger partial charge on any atom is 0.247 e. The van der Waals surface area contributed by atoms with Gasteiger partial charge in [-0.1, -0.05) is 20.3 Å². The molecule has 2 unspecified atom stereocenters. The van der Waals surface area contributed by atoms with Gasteiger partial charge < -0.3 is 10.6 Å². The summed E-state index contributed by atoms with van der Waals surface area (Å²) in [6, 6.07) is 2.71. The molecule has 0 radical (unpaired) electrons. The number of nitrogens with one attached hydrogen (secondary N) is 2. The number of halogens is 2. The monoisotopic (exact) mass is 300 g/mol. The predicted molar refractivity (Wildman–Crippen MR) is 69.6 cm³/mol. The van der Waals surface area contributed by atoms with Crippen LogP contribution in [-0.4, -0.2) is 11.9 Å². The van der Waals surface area contributed by atoms with Crippen molar-refractivity contribution < 1.29 is 9.18 Å². The second kappa shape index (κ2) is 4.64. The molecule has 0 saturated heterocycles. The molecule has 2 rings (SSSR count). The first-order chi connectivity index (χ1) is 8.02. The van der Waals surface area contributed by atoms with Gasteiger partial charge in [0.25, 0.3) is 0 Å². The first-order valence-corrected chi connectivity index (χ1v) is 6.38. The van der Waals surface area contributed by atoms with Crippen molar-refractivity contribution in [1.29, 1.82) is 0 Å². The predicted octanol–water partition coefficient (Wildman–Crippen LogP) is 3.37. The molecule has 2 atom stereocenters. The topological polar surface area (TPSA) is 41.1 Å². The van der Waals surface area contributed by atoms with Gasteiger partial charge in [0, 0.05) is 6.07 Å². The van der Waals surface area contributed by atoms with Crippen LogP contribution in [0.3, 0.4) is 0 Å². The standard InChI is InChI=1S/C12H14BrFN2O/c1-3-6(2)11-12(17)16-10-5-8(14)7(13)4-9(10)15-11/h4-6,11,15H,3H2,1-2H3,(H,16,17). The van der Waals surface area contributed by atoms with Crippen molar-refractivity contribution in [2.24, 2.45) is 5.92 Å². The summed E-state index contributed by atoms with van der Waals surface area (Å²) < 4.78 is 13.7. The summed E-state index contributed by atoms with van der Waals surface area (Å²) in [7, 11) is 0. The zero-order valence-electron chi connectivity index (χ0n) is 9.68. The van der Waals surface area contributed by atoms with Crippen molar-refractivity contribution in [2.45, 2.75) is 26.3 Å². The van der Waals surface area contributed by atoms with Gasteiger partial charge in [-0.2, -0.15) is 0 Å². The van der Waals surface area contributed by atoms with Crippen LogP contribution in [0.15, 0.2) is 16.6 Å². The quantitative estimate of drug-likeness (QED) is 0.879. The molecule has 0 bridgehead atoms. The van der Waals surface area contributed by atoms with Crippen LogP contribution in [0.5, 0.6) is 0 Å². The van der Waals surface area contributed by atoms with Crippen molar-refractivity contribution in [3.05, 3.63) is 22.4 Å². The van der Waals surface area contributed by atoms with E-state index in [1.54, 1.807) is 6.07 Å². The highest BCUT2D eigenvalue weighted by Gasteiger charge is 2.29. The number of amides is 1. The van der Waals surface area contributed by atoms with E-state index < -0.39 is 0 Å². The second-order valence-electron chi connectivity index (χ2n) is 4.31. The average molecular weight is 301 g/mol. The summed E-state index contributed by atoms with van der Waals surface area (Å²) >= 11 is 3.14. The molecule has 0 saturated carbocycles. The van der Waals surface area contributed by atoms with E-state index in [0.717, 1.165) is 12.1 Å². The summed E-state index contributed by atoms with van der Waals surface area (Å²) in [6.45, 7) is 4.05. The number of hydrogen-bond donors (Lipinski definition) is 2. The molecule has 0 spiro atoms. The fourth-order valence-electron chi connectivity index (χ4n) is 1.85. The lowest BCUT2D eigenvalue weighted by molar-refractivity contribution is -0.118. The first kappa shape index (κ1) is 12.4. The van der Waals surface area contributed by atoms with Gasteiger partial charge >= 0.3 is 0 Å². The van der Waals surface area contributed by atoms with E-state index in [0.29, 0.717) is 10.2 Å².